The van der Waals surface area contributed by atoms with Gasteiger partial charge in [0.25, 0.3) is 5.89 Å². The van der Waals surface area contributed by atoms with Gasteiger partial charge in [0.05, 0.1) is 17.8 Å². The maximum absolute atomic E-state index is 13.4. The highest BCUT2D eigenvalue weighted by Crippen LogP contribution is 2.47. The van der Waals surface area contributed by atoms with Crippen molar-refractivity contribution in [2.24, 2.45) is 5.92 Å². The zero-order chi connectivity index (χ0) is 35.8. The van der Waals surface area contributed by atoms with Crippen LogP contribution in [0.3, 0.4) is 0 Å². The number of aliphatic carboxylic acids is 1. The van der Waals surface area contributed by atoms with E-state index in [2.05, 4.69) is 20.2 Å². The van der Waals surface area contributed by atoms with Gasteiger partial charge in [0.15, 0.2) is 11.5 Å². The van der Waals surface area contributed by atoms with Gasteiger partial charge in [0.2, 0.25) is 5.89 Å². The molecule has 1 N–H and O–H groups in total. The van der Waals surface area contributed by atoms with Crippen LogP contribution < -0.4 is 4.90 Å². The fourth-order valence-corrected chi connectivity index (χ4v) is 4.41. The Bertz CT molecular complexity index is 1650. The summed E-state index contributed by atoms with van der Waals surface area (Å²) in [4.78, 5) is 61.9. The Balaban J connectivity index is 1.71. The van der Waals surface area contributed by atoms with Crippen molar-refractivity contribution in [2.75, 3.05) is 11.9 Å². The molecule has 2 heterocycles. The predicted molar refractivity (Wildman–Crippen MR) is 172 cm³/mol. The summed E-state index contributed by atoms with van der Waals surface area (Å²) < 4.78 is 22.4. The van der Waals surface area contributed by atoms with Crippen molar-refractivity contribution >= 4 is 30.1 Å². The minimum atomic E-state index is -1.08. The number of hydrogen-bond acceptors (Lipinski definition) is 12. The zero-order valence-corrected chi connectivity index (χ0v) is 28.9. The van der Waals surface area contributed by atoms with Crippen LogP contribution in [0.1, 0.15) is 85.9 Å². The minimum Gasteiger partial charge on any atom is -0.481 e. The van der Waals surface area contributed by atoms with Crippen molar-refractivity contribution in [2.45, 2.75) is 98.0 Å². The van der Waals surface area contributed by atoms with Crippen molar-refractivity contribution < 1.29 is 42.9 Å². The normalized spacial score (nSPS) is 16.1. The van der Waals surface area contributed by atoms with Gasteiger partial charge in [0, 0.05) is 25.1 Å². The van der Waals surface area contributed by atoms with E-state index in [4.69, 9.17) is 18.6 Å². The van der Waals surface area contributed by atoms with E-state index in [0.29, 0.717) is 29.1 Å². The molecule has 1 aliphatic rings. The van der Waals surface area contributed by atoms with Crippen LogP contribution in [-0.2, 0) is 25.5 Å². The van der Waals surface area contributed by atoms with Gasteiger partial charge < -0.3 is 28.6 Å². The molecule has 15 nitrogen and oxygen atoms in total. The number of anilines is 1. The van der Waals surface area contributed by atoms with Crippen LogP contribution in [0.5, 0.6) is 0 Å². The number of nitrogens with zero attached hydrogens (tertiary/aromatic N) is 6. The van der Waals surface area contributed by atoms with Crippen molar-refractivity contribution in [1.82, 2.24) is 25.1 Å². The summed E-state index contributed by atoms with van der Waals surface area (Å²) in [5, 5.41) is 17.8. The first-order chi connectivity index (χ1) is 22.1. The number of carbonyl (C=O) groups is 4. The first-order valence-corrected chi connectivity index (χ1v) is 15.3. The van der Waals surface area contributed by atoms with Crippen molar-refractivity contribution in [3.8, 4) is 23.0 Å². The van der Waals surface area contributed by atoms with Crippen LogP contribution >= 0.6 is 0 Å². The number of carbonyl (C=O) groups excluding carboxylic acids is 3. The number of carboxylic acid groups (broad SMARTS) is 1. The lowest BCUT2D eigenvalue weighted by Gasteiger charge is -2.28. The number of imide groups is 1. The molecule has 15 heteroatoms. The van der Waals surface area contributed by atoms with Gasteiger partial charge in [-0.2, -0.15) is 4.90 Å². The Hall–Kier alpha value is -5.08. The number of ether oxygens (including phenoxy) is 3. The second-order valence-electron chi connectivity index (χ2n) is 14.5. The van der Waals surface area contributed by atoms with Crippen LogP contribution in [-0.4, -0.2) is 78.3 Å². The van der Waals surface area contributed by atoms with Crippen LogP contribution in [0.4, 0.5) is 20.2 Å². The average molecular weight is 667 g/mol. The molecule has 1 fully saturated rings. The third-order valence-electron chi connectivity index (χ3n) is 6.58. The van der Waals surface area contributed by atoms with E-state index in [1.165, 1.54) is 11.1 Å². The van der Waals surface area contributed by atoms with E-state index >= 15 is 0 Å². The predicted octanol–water partition coefficient (Wildman–Crippen LogP) is 6.43. The first kappa shape index (κ1) is 35.8. The quantitative estimate of drug-likeness (QED) is 0.272. The Morgan fingerprint density at radius 2 is 1.35 bits per heavy atom. The van der Waals surface area contributed by atoms with Gasteiger partial charge in [-0.05, 0) is 86.4 Å². The molecule has 2 unspecified atom stereocenters. The highest BCUT2D eigenvalue weighted by molar-refractivity contribution is 6.10. The molecule has 48 heavy (non-hydrogen) atoms. The highest BCUT2D eigenvalue weighted by Gasteiger charge is 2.46. The molecule has 258 valence electrons. The van der Waals surface area contributed by atoms with Gasteiger partial charge in [-0.15, -0.1) is 10.2 Å². The van der Waals surface area contributed by atoms with E-state index in [1.54, 1.807) is 93.6 Å². The summed E-state index contributed by atoms with van der Waals surface area (Å²) in [7, 11) is 1.64. The molecule has 1 aromatic carbocycles. The molecular formula is C33H42N6O9. The maximum Gasteiger partial charge on any atom is 0.425 e. The summed E-state index contributed by atoms with van der Waals surface area (Å²) in [5.74, 6) is -2.47. The molecule has 4 rings (SSSR count). The molecule has 0 saturated heterocycles. The molecule has 3 aromatic rings. The van der Waals surface area contributed by atoms with Gasteiger partial charge in [0.1, 0.15) is 16.8 Å². The first-order valence-electron chi connectivity index (χ1n) is 15.3. The zero-order valence-electron chi connectivity index (χ0n) is 28.9. The standard InChI is InChI=1S/C33H42N6O9/c1-31(2,3)46-28(42)38(10)17-18-11-13-19(14-12-18)25-36-37-26(45-25)23-24(34-16-22(35-23)20-15-21(20)27(40)41)39(29(43)47-32(4,5)6)30(44)48-33(7,8)9/h11-14,16,20-21H,15,17H2,1-10H3,(H,40,41). The SMILES string of the molecule is CN(Cc1ccc(-c2nnc(-c3nc(C4CC4C(=O)O)cnc3N(C(=O)OC(C)(C)C)C(=O)OC(C)(C)C)o2)cc1)C(=O)OC(C)(C)C. The van der Waals surface area contributed by atoms with Gasteiger partial charge in [-0.25, -0.2) is 24.4 Å². The lowest BCUT2D eigenvalue weighted by Crippen LogP contribution is -2.44. The fourth-order valence-electron chi connectivity index (χ4n) is 4.41. The number of hydrogen-bond donors (Lipinski definition) is 1. The van der Waals surface area contributed by atoms with Crippen LogP contribution in [0, 0.1) is 5.92 Å². The molecule has 2 aromatic heterocycles. The van der Waals surface area contributed by atoms with E-state index in [1.807, 2.05) is 0 Å². The summed E-state index contributed by atoms with van der Waals surface area (Å²) in [6.45, 7) is 15.5. The molecule has 0 radical (unpaired) electrons. The van der Waals surface area contributed by atoms with Crippen molar-refractivity contribution in [3.05, 3.63) is 41.7 Å². The summed E-state index contributed by atoms with van der Waals surface area (Å²) in [6, 6.07) is 7.04. The molecule has 0 bridgehead atoms. The molecule has 1 aliphatic carbocycles. The van der Waals surface area contributed by atoms with Gasteiger partial charge in [-0.3, -0.25) is 4.79 Å². The highest BCUT2D eigenvalue weighted by atomic mass is 16.6. The van der Waals surface area contributed by atoms with Gasteiger partial charge >= 0.3 is 24.2 Å². The monoisotopic (exact) mass is 666 g/mol. The van der Waals surface area contributed by atoms with Gasteiger partial charge in [-0.1, -0.05) is 12.1 Å². The summed E-state index contributed by atoms with van der Waals surface area (Å²) in [5.41, 5.74) is -1.08. The third-order valence-corrected chi connectivity index (χ3v) is 6.58. The Morgan fingerprint density at radius 3 is 1.85 bits per heavy atom. The number of carboxylic acids is 1. The number of aromatic nitrogens is 4. The number of amides is 3. The number of benzene rings is 1. The van der Waals surface area contributed by atoms with E-state index in [-0.39, 0.29) is 23.3 Å². The Morgan fingerprint density at radius 1 is 0.833 bits per heavy atom. The smallest absolute Gasteiger partial charge is 0.425 e. The maximum atomic E-state index is 13.4. The molecule has 2 atom stereocenters. The topological polar surface area (TPSA) is 187 Å². The Kier molecular flexibility index (Phi) is 9.84. The fraction of sp³-hybridized carbons (Fsp3) is 0.515. The second kappa shape index (κ2) is 13.2. The number of rotatable bonds is 7. The van der Waals surface area contributed by atoms with E-state index in [0.717, 1.165) is 5.56 Å². The largest absolute Gasteiger partial charge is 0.481 e. The lowest BCUT2D eigenvalue weighted by molar-refractivity contribution is -0.138. The Labute approximate surface area is 278 Å². The van der Waals surface area contributed by atoms with Crippen LogP contribution in [0.25, 0.3) is 23.0 Å². The van der Waals surface area contributed by atoms with E-state index in [9.17, 15) is 24.3 Å². The van der Waals surface area contributed by atoms with Crippen LogP contribution in [0.15, 0.2) is 34.9 Å². The molecule has 3 amide bonds. The molecule has 1 saturated carbocycles. The average Bonchev–Trinajstić information content (AvgIpc) is 3.60. The van der Waals surface area contributed by atoms with Crippen molar-refractivity contribution in [1.29, 1.82) is 0 Å². The molecular weight excluding hydrogens is 624 g/mol. The van der Waals surface area contributed by atoms with E-state index < -0.39 is 52.9 Å². The molecule has 0 spiro atoms. The van der Waals surface area contributed by atoms with Crippen molar-refractivity contribution in [3.63, 3.8) is 0 Å². The van der Waals surface area contributed by atoms with Crippen LogP contribution in [0.2, 0.25) is 0 Å². The summed E-state index contributed by atoms with van der Waals surface area (Å²) >= 11 is 0. The minimum absolute atomic E-state index is 0.0890. The second-order valence-corrected chi connectivity index (χ2v) is 14.5. The molecule has 0 aliphatic heterocycles. The lowest BCUT2D eigenvalue weighted by atomic mass is 10.1. The summed E-state index contributed by atoms with van der Waals surface area (Å²) in [6.07, 6.45) is -0.976. The third kappa shape index (κ3) is 9.26.